The van der Waals surface area contributed by atoms with Gasteiger partial charge in [-0.1, -0.05) is 32.0 Å². The molecule has 2 aromatic rings. The zero-order valence-electron chi connectivity index (χ0n) is 13.2. The molecule has 23 heavy (non-hydrogen) atoms. The number of hydrogen-bond donors (Lipinski definition) is 1. The summed E-state index contributed by atoms with van der Waals surface area (Å²) in [5.41, 5.74) is 2.85. The predicted octanol–water partition coefficient (Wildman–Crippen LogP) is 4.11. The Balaban J connectivity index is 2.05. The molecular formula is C18H19F2NO2. The third-order valence-electron chi connectivity index (χ3n) is 3.52. The molecule has 0 fully saturated rings. The monoisotopic (exact) mass is 319 g/mol. The molecule has 0 aromatic heterocycles. The van der Waals surface area contributed by atoms with Gasteiger partial charge in [0.2, 0.25) is 0 Å². The molecule has 0 spiro atoms. The topological polar surface area (TPSA) is 38.3 Å². The van der Waals surface area contributed by atoms with Gasteiger partial charge in [0.05, 0.1) is 0 Å². The zero-order valence-corrected chi connectivity index (χ0v) is 13.2. The van der Waals surface area contributed by atoms with Gasteiger partial charge in [-0.3, -0.25) is 4.79 Å². The highest BCUT2D eigenvalue weighted by molar-refractivity contribution is 5.93. The fourth-order valence-corrected chi connectivity index (χ4v) is 2.31. The summed E-state index contributed by atoms with van der Waals surface area (Å²) in [6.45, 7) is 3.67. The average molecular weight is 319 g/mol. The van der Waals surface area contributed by atoms with Crippen LogP contribution in [0.4, 0.5) is 14.5 Å². The van der Waals surface area contributed by atoms with E-state index in [1.165, 1.54) is 0 Å². The van der Waals surface area contributed by atoms with Crippen LogP contribution in [0.25, 0.3) is 0 Å². The Kier molecular flexibility index (Phi) is 5.68. The number of hydrogen-bond acceptors (Lipinski definition) is 2. The number of ether oxygens (including phenoxy) is 1. The minimum atomic E-state index is -0.832. The Morgan fingerprint density at radius 2 is 1.74 bits per heavy atom. The maximum atomic E-state index is 13.5. The van der Waals surface area contributed by atoms with Gasteiger partial charge in [0, 0.05) is 11.8 Å². The van der Waals surface area contributed by atoms with Crippen LogP contribution in [0.2, 0.25) is 0 Å². The summed E-state index contributed by atoms with van der Waals surface area (Å²) in [5.74, 6) is -2.06. The lowest BCUT2D eigenvalue weighted by Crippen LogP contribution is -2.22. The second kappa shape index (κ2) is 7.72. The van der Waals surface area contributed by atoms with Gasteiger partial charge in [-0.15, -0.1) is 0 Å². The van der Waals surface area contributed by atoms with E-state index in [0.717, 1.165) is 47.9 Å². The van der Waals surface area contributed by atoms with E-state index >= 15 is 0 Å². The zero-order chi connectivity index (χ0) is 16.8. The summed E-state index contributed by atoms with van der Waals surface area (Å²) in [7, 11) is 0. The van der Waals surface area contributed by atoms with Crippen molar-refractivity contribution >= 4 is 11.6 Å². The largest absolute Gasteiger partial charge is 0.481 e. The Bertz CT molecular complexity index is 679. The first kappa shape index (κ1) is 16.9. The van der Waals surface area contributed by atoms with Crippen LogP contribution >= 0.6 is 0 Å². The van der Waals surface area contributed by atoms with Crippen molar-refractivity contribution in [3.8, 4) is 5.75 Å². The Hall–Kier alpha value is -2.43. The van der Waals surface area contributed by atoms with Gasteiger partial charge >= 0.3 is 0 Å². The van der Waals surface area contributed by atoms with Gasteiger partial charge in [-0.2, -0.15) is 0 Å². The molecule has 0 aliphatic carbocycles. The van der Waals surface area contributed by atoms with Gasteiger partial charge < -0.3 is 10.1 Å². The van der Waals surface area contributed by atoms with Crippen LogP contribution in [0.3, 0.4) is 0 Å². The van der Waals surface area contributed by atoms with E-state index in [4.69, 9.17) is 4.74 Å². The molecule has 122 valence electrons. The number of carbonyl (C=O) groups is 1. The summed E-state index contributed by atoms with van der Waals surface area (Å²) in [5, 5.41) is 2.82. The van der Waals surface area contributed by atoms with Crippen molar-refractivity contribution in [1.29, 1.82) is 0 Å². The van der Waals surface area contributed by atoms with Gasteiger partial charge in [0.25, 0.3) is 5.91 Å². The van der Waals surface area contributed by atoms with E-state index in [0.29, 0.717) is 0 Å². The molecule has 1 N–H and O–H groups in total. The van der Waals surface area contributed by atoms with Crippen LogP contribution in [-0.2, 0) is 17.6 Å². The number of benzene rings is 2. The van der Waals surface area contributed by atoms with Crippen LogP contribution in [0.15, 0.2) is 36.4 Å². The highest BCUT2D eigenvalue weighted by atomic mass is 19.1. The fourth-order valence-electron chi connectivity index (χ4n) is 2.31. The number of amides is 1. The normalized spacial score (nSPS) is 10.4. The molecule has 0 saturated heterocycles. The second-order valence-corrected chi connectivity index (χ2v) is 5.07. The highest BCUT2D eigenvalue weighted by Crippen LogP contribution is 2.23. The third kappa shape index (κ3) is 4.28. The first-order chi connectivity index (χ1) is 11.0. The summed E-state index contributed by atoms with van der Waals surface area (Å²) < 4.78 is 31.4. The van der Waals surface area contributed by atoms with Crippen molar-refractivity contribution in [2.45, 2.75) is 26.7 Å². The van der Waals surface area contributed by atoms with Crippen LogP contribution in [0, 0.1) is 11.6 Å². The van der Waals surface area contributed by atoms with Crippen LogP contribution in [0.1, 0.15) is 25.0 Å². The minimum absolute atomic E-state index is 0.152. The van der Waals surface area contributed by atoms with Gasteiger partial charge in [-0.05, 0) is 36.1 Å². The lowest BCUT2D eigenvalue weighted by Gasteiger charge is -2.14. The van der Waals surface area contributed by atoms with Crippen molar-refractivity contribution < 1.29 is 18.3 Å². The first-order valence-electron chi connectivity index (χ1n) is 7.53. The minimum Gasteiger partial charge on any atom is -0.481 e. The van der Waals surface area contributed by atoms with E-state index in [-0.39, 0.29) is 18.3 Å². The molecule has 0 saturated carbocycles. The van der Waals surface area contributed by atoms with Crippen molar-refractivity contribution in [3.05, 3.63) is 59.2 Å². The number of aryl methyl sites for hydroxylation is 2. The lowest BCUT2D eigenvalue weighted by atomic mass is 10.0. The molecule has 2 aromatic carbocycles. The summed E-state index contributed by atoms with van der Waals surface area (Å²) in [6, 6.07) is 8.82. The van der Waals surface area contributed by atoms with E-state index in [9.17, 15) is 13.6 Å². The second-order valence-electron chi connectivity index (χ2n) is 5.07. The molecule has 1 amide bonds. The van der Waals surface area contributed by atoms with Crippen LogP contribution < -0.4 is 10.1 Å². The number of nitrogens with one attached hydrogen (secondary N) is 1. The third-order valence-corrected chi connectivity index (χ3v) is 3.52. The molecule has 3 nitrogen and oxygen atoms in total. The lowest BCUT2D eigenvalue weighted by molar-refractivity contribution is -0.118. The fraction of sp³-hybridized carbons (Fsp3) is 0.278. The van der Waals surface area contributed by atoms with Crippen molar-refractivity contribution in [2.75, 3.05) is 11.9 Å². The van der Waals surface area contributed by atoms with Gasteiger partial charge in [-0.25, -0.2) is 8.78 Å². The van der Waals surface area contributed by atoms with Crippen LogP contribution in [-0.4, -0.2) is 12.5 Å². The van der Waals surface area contributed by atoms with E-state index in [1.807, 2.05) is 32.0 Å². The summed E-state index contributed by atoms with van der Waals surface area (Å²) in [4.78, 5) is 12.1. The Morgan fingerprint density at radius 3 is 2.30 bits per heavy atom. The summed E-state index contributed by atoms with van der Waals surface area (Å²) in [6.07, 6.45) is 1.58. The molecule has 5 heteroatoms. The molecule has 0 heterocycles. The molecule has 0 aliphatic heterocycles. The molecule has 0 unspecified atom stereocenters. The number of rotatable bonds is 6. The smallest absolute Gasteiger partial charge is 0.262 e. The maximum absolute atomic E-state index is 13.5. The number of para-hydroxylation sites is 1. The SMILES string of the molecule is CCc1cccc(CC)c1NC(=O)COc1ccc(F)cc1F. The number of carbonyl (C=O) groups excluding carboxylic acids is 1. The average Bonchev–Trinajstić information content (AvgIpc) is 2.54. The number of halogens is 2. The van der Waals surface area contributed by atoms with E-state index in [2.05, 4.69) is 5.32 Å². The quantitative estimate of drug-likeness (QED) is 0.870. The molecule has 0 bridgehead atoms. The molecule has 2 rings (SSSR count). The Labute approximate surface area is 134 Å². The van der Waals surface area contributed by atoms with Crippen LogP contribution in [0.5, 0.6) is 5.75 Å². The molecule has 0 radical (unpaired) electrons. The van der Waals surface area contributed by atoms with Crippen molar-refractivity contribution in [1.82, 2.24) is 0 Å². The maximum Gasteiger partial charge on any atom is 0.262 e. The molecular weight excluding hydrogens is 300 g/mol. The van der Waals surface area contributed by atoms with Gasteiger partial charge in [0.15, 0.2) is 18.2 Å². The Morgan fingerprint density at radius 1 is 1.09 bits per heavy atom. The number of anilines is 1. The van der Waals surface area contributed by atoms with E-state index in [1.54, 1.807) is 0 Å². The van der Waals surface area contributed by atoms with Crippen molar-refractivity contribution in [3.63, 3.8) is 0 Å². The van der Waals surface area contributed by atoms with E-state index < -0.39 is 11.6 Å². The standard InChI is InChI=1S/C18H19F2NO2/c1-3-12-6-5-7-13(4-2)18(12)21-17(22)11-23-16-9-8-14(19)10-15(16)20/h5-10H,3-4,11H2,1-2H3,(H,21,22). The highest BCUT2D eigenvalue weighted by Gasteiger charge is 2.12. The molecule has 0 atom stereocenters. The first-order valence-corrected chi connectivity index (χ1v) is 7.53. The molecule has 0 aliphatic rings. The van der Waals surface area contributed by atoms with Crippen molar-refractivity contribution in [2.24, 2.45) is 0 Å². The summed E-state index contributed by atoms with van der Waals surface area (Å²) >= 11 is 0. The van der Waals surface area contributed by atoms with Gasteiger partial charge in [0.1, 0.15) is 5.82 Å². The predicted molar refractivity (Wildman–Crippen MR) is 85.7 cm³/mol.